The lowest BCUT2D eigenvalue weighted by Crippen LogP contribution is -2.33. The Kier molecular flexibility index (Phi) is 4.42. The van der Waals surface area contributed by atoms with Gasteiger partial charge in [0.15, 0.2) is 0 Å². The molecule has 0 aliphatic carbocycles. The molecule has 0 saturated heterocycles. The third-order valence-electron chi connectivity index (χ3n) is 2.15. The van der Waals surface area contributed by atoms with Gasteiger partial charge in [0.25, 0.3) is 5.91 Å². The fourth-order valence-corrected chi connectivity index (χ4v) is 1.27. The maximum Gasteiger partial charge on any atom is 0.272 e. The van der Waals surface area contributed by atoms with Crippen molar-refractivity contribution in [1.29, 1.82) is 5.26 Å². The molecule has 0 aliphatic rings. The topological polar surface area (TPSA) is 77.2 Å². The summed E-state index contributed by atoms with van der Waals surface area (Å²) >= 11 is 0. The minimum absolute atomic E-state index is 0.0736. The van der Waals surface area contributed by atoms with E-state index in [9.17, 15) is 4.79 Å². The number of rotatable bonds is 4. The number of aliphatic hydroxyl groups is 1. The molecule has 1 aromatic heterocycles. The zero-order chi connectivity index (χ0) is 12.0. The second-order valence-electron chi connectivity index (χ2n) is 3.15. The van der Waals surface area contributed by atoms with Crippen LogP contribution in [0.1, 0.15) is 23.0 Å². The summed E-state index contributed by atoms with van der Waals surface area (Å²) in [6.07, 6.45) is 1.36. The van der Waals surface area contributed by atoms with E-state index >= 15 is 0 Å². The predicted molar refractivity (Wildman–Crippen MR) is 57.6 cm³/mol. The van der Waals surface area contributed by atoms with Crippen molar-refractivity contribution in [2.24, 2.45) is 0 Å². The van der Waals surface area contributed by atoms with Crippen LogP contribution in [0.15, 0.2) is 18.3 Å². The first-order valence-electron chi connectivity index (χ1n) is 4.99. The molecular formula is C11H13N3O2. The molecule has 5 nitrogen and oxygen atoms in total. The van der Waals surface area contributed by atoms with Crippen LogP contribution in [-0.2, 0) is 0 Å². The van der Waals surface area contributed by atoms with Crippen LogP contribution in [0.3, 0.4) is 0 Å². The third kappa shape index (κ3) is 2.78. The fraction of sp³-hybridized carbons (Fsp3) is 0.364. The number of aliphatic hydroxyl groups excluding tert-OH is 1. The highest BCUT2D eigenvalue weighted by atomic mass is 16.3. The first-order valence-corrected chi connectivity index (χ1v) is 4.99. The van der Waals surface area contributed by atoms with Gasteiger partial charge < -0.3 is 10.0 Å². The zero-order valence-corrected chi connectivity index (χ0v) is 9.05. The second kappa shape index (κ2) is 5.83. The van der Waals surface area contributed by atoms with Gasteiger partial charge in [-0.15, -0.1) is 0 Å². The fourth-order valence-electron chi connectivity index (χ4n) is 1.27. The summed E-state index contributed by atoms with van der Waals surface area (Å²) in [5, 5.41) is 17.4. The van der Waals surface area contributed by atoms with Crippen molar-refractivity contribution in [2.45, 2.75) is 6.92 Å². The van der Waals surface area contributed by atoms with E-state index in [2.05, 4.69) is 4.98 Å². The maximum absolute atomic E-state index is 11.8. The highest BCUT2D eigenvalue weighted by Crippen LogP contribution is 2.03. The van der Waals surface area contributed by atoms with Gasteiger partial charge in [0.05, 0.1) is 12.2 Å². The molecule has 0 atom stereocenters. The molecule has 1 heterocycles. The number of carbonyl (C=O) groups is 1. The Morgan fingerprint density at radius 2 is 2.38 bits per heavy atom. The van der Waals surface area contributed by atoms with E-state index in [1.807, 2.05) is 13.0 Å². The van der Waals surface area contributed by atoms with Crippen molar-refractivity contribution in [1.82, 2.24) is 9.88 Å². The van der Waals surface area contributed by atoms with Gasteiger partial charge in [0.2, 0.25) is 0 Å². The largest absolute Gasteiger partial charge is 0.395 e. The van der Waals surface area contributed by atoms with E-state index in [0.717, 1.165) is 0 Å². The van der Waals surface area contributed by atoms with E-state index in [-0.39, 0.29) is 24.8 Å². The predicted octanol–water partition coefficient (Wildman–Crippen LogP) is 0.408. The number of likely N-dealkylation sites (N-methyl/N-ethyl adjacent to an activating group) is 1. The molecule has 0 radical (unpaired) electrons. The van der Waals surface area contributed by atoms with Gasteiger partial charge in [0.1, 0.15) is 11.8 Å². The summed E-state index contributed by atoms with van der Waals surface area (Å²) in [4.78, 5) is 17.2. The summed E-state index contributed by atoms with van der Waals surface area (Å²) in [5.74, 6) is -0.235. The first kappa shape index (κ1) is 12.1. The monoisotopic (exact) mass is 219 g/mol. The zero-order valence-electron chi connectivity index (χ0n) is 9.05. The molecule has 0 aliphatic heterocycles. The minimum atomic E-state index is -0.235. The lowest BCUT2D eigenvalue weighted by Gasteiger charge is -2.18. The van der Waals surface area contributed by atoms with Gasteiger partial charge in [-0.25, -0.2) is 4.98 Å². The summed E-state index contributed by atoms with van der Waals surface area (Å²) in [6.45, 7) is 2.56. The lowest BCUT2D eigenvalue weighted by atomic mass is 10.2. The molecule has 1 rings (SSSR count). The molecule has 16 heavy (non-hydrogen) atoms. The van der Waals surface area contributed by atoms with Crippen molar-refractivity contribution >= 4 is 5.91 Å². The van der Waals surface area contributed by atoms with Gasteiger partial charge in [-0.05, 0) is 19.1 Å². The van der Waals surface area contributed by atoms with E-state index in [0.29, 0.717) is 12.1 Å². The second-order valence-corrected chi connectivity index (χ2v) is 3.15. The Morgan fingerprint density at radius 3 is 2.81 bits per heavy atom. The van der Waals surface area contributed by atoms with Crippen LogP contribution in [0, 0.1) is 11.3 Å². The molecule has 0 saturated carbocycles. The lowest BCUT2D eigenvalue weighted by molar-refractivity contribution is 0.0726. The van der Waals surface area contributed by atoms with Crippen molar-refractivity contribution < 1.29 is 9.90 Å². The molecule has 0 fully saturated rings. The molecule has 84 valence electrons. The molecule has 0 aromatic carbocycles. The van der Waals surface area contributed by atoms with Crippen molar-refractivity contribution in [3.05, 3.63) is 29.6 Å². The molecule has 0 bridgehead atoms. The van der Waals surface area contributed by atoms with Gasteiger partial charge in [-0.1, -0.05) is 0 Å². The number of nitriles is 1. The normalized spacial score (nSPS) is 9.56. The summed E-state index contributed by atoms with van der Waals surface area (Å²) in [5.41, 5.74) is 0.705. The molecule has 1 aromatic rings. The highest BCUT2D eigenvalue weighted by Gasteiger charge is 2.14. The minimum Gasteiger partial charge on any atom is -0.395 e. The molecule has 0 spiro atoms. The third-order valence-corrected chi connectivity index (χ3v) is 2.15. The average Bonchev–Trinajstić information content (AvgIpc) is 2.35. The first-order chi connectivity index (χ1) is 7.72. The Labute approximate surface area is 93.9 Å². The van der Waals surface area contributed by atoms with Gasteiger partial charge in [0, 0.05) is 19.3 Å². The van der Waals surface area contributed by atoms with Crippen LogP contribution < -0.4 is 0 Å². The van der Waals surface area contributed by atoms with Crippen LogP contribution in [0.5, 0.6) is 0 Å². The average molecular weight is 219 g/mol. The number of amides is 1. The SMILES string of the molecule is CCN(CCO)C(=O)c1ccc(C#N)cn1. The molecular weight excluding hydrogens is 206 g/mol. The molecule has 5 heteroatoms. The number of nitrogens with zero attached hydrogens (tertiary/aromatic N) is 3. The van der Waals surface area contributed by atoms with Gasteiger partial charge in [-0.3, -0.25) is 4.79 Å². The summed E-state index contributed by atoms with van der Waals surface area (Å²) in [6, 6.07) is 5.00. The van der Waals surface area contributed by atoms with Crippen molar-refractivity contribution in [2.75, 3.05) is 19.7 Å². The number of aromatic nitrogens is 1. The quantitative estimate of drug-likeness (QED) is 0.795. The van der Waals surface area contributed by atoms with Crippen LogP contribution in [0.4, 0.5) is 0 Å². The summed E-state index contributed by atoms with van der Waals surface area (Å²) in [7, 11) is 0. The van der Waals surface area contributed by atoms with E-state index < -0.39 is 0 Å². The van der Waals surface area contributed by atoms with Gasteiger partial charge in [-0.2, -0.15) is 5.26 Å². The van der Waals surface area contributed by atoms with E-state index in [1.165, 1.54) is 17.2 Å². The molecule has 0 unspecified atom stereocenters. The van der Waals surface area contributed by atoms with Crippen LogP contribution >= 0.6 is 0 Å². The maximum atomic E-state index is 11.8. The number of carbonyl (C=O) groups excluding carboxylic acids is 1. The standard InChI is InChI=1S/C11H13N3O2/c1-2-14(5-6-15)11(16)10-4-3-9(7-12)8-13-10/h3-4,8,15H,2,5-6H2,1H3. The van der Waals surface area contributed by atoms with Crippen molar-refractivity contribution in [3.63, 3.8) is 0 Å². The van der Waals surface area contributed by atoms with Gasteiger partial charge >= 0.3 is 0 Å². The number of hydrogen-bond acceptors (Lipinski definition) is 4. The number of hydrogen-bond donors (Lipinski definition) is 1. The number of pyridine rings is 1. The molecule has 1 N–H and O–H groups in total. The Bertz CT molecular complexity index is 395. The Hall–Kier alpha value is -1.93. The molecule has 1 amide bonds. The van der Waals surface area contributed by atoms with Crippen LogP contribution in [-0.4, -0.2) is 40.6 Å². The van der Waals surface area contributed by atoms with Crippen LogP contribution in [0.2, 0.25) is 0 Å². The van der Waals surface area contributed by atoms with E-state index in [4.69, 9.17) is 10.4 Å². The van der Waals surface area contributed by atoms with Crippen LogP contribution in [0.25, 0.3) is 0 Å². The summed E-state index contributed by atoms with van der Waals surface area (Å²) < 4.78 is 0. The van der Waals surface area contributed by atoms with Crippen molar-refractivity contribution in [3.8, 4) is 6.07 Å². The Balaban J connectivity index is 2.83. The van der Waals surface area contributed by atoms with E-state index in [1.54, 1.807) is 6.07 Å². The Morgan fingerprint density at radius 1 is 1.62 bits per heavy atom. The highest BCUT2D eigenvalue weighted by molar-refractivity contribution is 5.92. The smallest absolute Gasteiger partial charge is 0.272 e.